The van der Waals surface area contributed by atoms with Crippen molar-refractivity contribution in [2.75, 3.05) is 6.54 Å². The third-order valence-electron chi connectivity index (χ3n) is 4.61. The number of halogens is 1. The Morgan fingerprint density at radius 3 is 2.46 bits per heavy atom. The molecule has 1 aromatic heterocycles. The van der Waals surface area contributed by atoms with Crippen LogP contribution in [0.15, 0.2) is 35.5 Å². The fourth-order valence-corrected chi connectivity index (χ4v) is 4.53. The predicted octanol–water partition coefficient (Wildman–Crippen LogP) is 1.37. The Hall–Kier alpha value is -1.68. The second-order valence-corrected chi connectivity index (χ2v) is 8.04. The molecule has 8 nitrogen and oxygen atoms in total. The van der Waals surface area contributed by atoms with Gasteiger partial charge in [0.15, 0.2) is 5.82 Å². The zero-order chi connectivity index (χ0) is 17.9. The van der Waals surface area contributed by atoms with E-state index in [1.807, 2.05) is 0 Å². The van der Waals surface area contributed by atoms with Gasteiger partial charge in [0.25, 0.3) is 0 Å². The van der Waals surface area contributed by atoms with Crippen molar-refractivity contribution in [1.82, 2.24) is 19.5 Å². The molecular weight excluding hydrogens is 378 g/mol. The standard InChI is InChI=1S/C16H23N5O3S.ClH/c1-21-15(18-12-19-21)10-24-13-4-6-14(7-5-13)25(22,23)20-16(11-17)8-2-3-9-16;/h4-7,12,20H,2-3,8-11,17H2,1H3;1H. The molecule has 0 amide bonds. The minimum Gasteiger partial charge on any atom is -0.486 e. The zero-order valence-electron chi connectivity index (χ0n) is 14.6. The van der Waals surface area contributed by atoms with Crippen molar-refractivity contribution < 1.29 is 13.2 Å². The van der Waals surface area contributed by atoms with E-state index < -0.39 is 15.6 Å². The number of nitrogens with zero attached hydrogens (tertiary/aromatic N) is 3. The van der Waals surface area contributed by atoms with Crippen LogP contribution < -0.4 is 15.2 Å². The summed E-state index contributed by atoms with van der Waals surface area (Å²) >= 11 is 0. The Kier molecular flexibility index (Phi) is 6.62. The maximum Gasteiger partial charge on any atom is 0.241 e. The largest absolute Gasteiger partial charge is 0.486 e. The maximum atomic E-state index is 12.6. The molecule has 0 unspecified atom stereocenters. The molecule has 0 aliphatic heterocycles. The SMILES string of the molecule is Cl.Cn1ncnc1COc1ccc(S(=O)(=O)NC2(CN)CCCC2)cc1. The third kappa shape index (κ3) is 4.53. The Bertz CT molecular complexity index is 817. The first-order valence-electron chi connectivity index (χ1n) is 8.24. The molecule has 26 heavy (non-hydrogen) atoms. The lowest BCUT2D eigenvalue weighted by Gasteiger charge is -2.28. The van der Waals surface area contributed by atoms with Crippen LogP contribution in [0, 0.1) is 0 Å². The van der Waals surface area contributed by atoms with Gasteiger partial charge in [-0.05, 0) is 37.1 Å². The number of nitrogens with two attached hydrogens (primary N) is 1. The van der Waals surface area contributed by atoms with Crippen molar-refractivity contribution in [3.05, 3.63) is 36.4 Å². The van der Waals surface area contributed by atoms with Crippen molar-refractivity contribution in [1.29, 1.82) is 0 Å². The highest BCUT2D eigenvalue weighted by Gasteiger charge is 2.36. The third-order valence-corrected chi connectivity index (χ3v) is 6.20. The smallest absolute Gasteiger partial charge is 0.241 e. The first-order chi connectivity index (χ1) is 11.9. The van der Waals surface area contributed by atoms with E-state index in [0.717, 1.165) is 25.7 Å². The van der Waals surface area contributed by atoms with Gasteiger partial charge in [0.05, 0.1) is 4.90 Å². The Morgan fingerprint density at radius 2 is 1.92 bits per heavy atom. The zero-order valence-corrected chi connectivity index (χ0v) is 16.2. The van der Waals surface area contributed by atoms with E-state index in [1.165, 1.54) is 18.5 Å². The minimum atomic E-state index is -3.61. The van der Waals surface area contributed by atoms with Gasteiger partial charge in [-0.15, -0.1) is 12.4 Å². The number of hydrogen-bond acceptors (Lipinski definition) is 6. The molecule has 1 heterocycles. The van der Waals surface area contributed by atoms with Crippen molar-refractivity contribution in [2.45, 2.75) is 42.7 Å². The van der Waals surface area contributed by atoms with Crippen LogP contribution in [0.2, 0.25) is 0 Å². The van der Waals surface area contributed by atoms with E-state index in [0.29, 0.717) is 18.1 Å². The van der Waals surface area contributed by atoms with Gasteiger partial charge in [0.2, 0.25) is 10.0 Å². The summed E-state index contributed by atoms with van der Waals surface area (Å²) in [6.45, 7) is 0.572. The molecule has 3 rings (SSSR count). The van der Waals surface area contributed by atoms with Gasteiger partial charge < -0.3 is 10.5 Å². The van der Waals surface area contributed by atoms with Crippen LogP contribution in [0.4, 0.5) is 0 Å². The fraction of sp³-hybridized carbons (Fsp3) is 0.500. The lowest BCUT2D eigenvalue weighted by atomic mass is 10.0. The molecule has 0 bridgehead atoms. The summed E-state index contributed by atoms with van der Waals surface area (Å²) in [5.41, 5.74) is 5.30. The van der Waals surface area contributed by atoms with Crippen molar-refractivity contribution in [3.8, 4) is 5.75 Å². The second-order valence-electron chi connectivity index (χ2n) is 6.36. The molecule has 1 aliphatic rings. The maximum absolute atomic E-state index is 12.6. The topological polar surface area (TPSA) is 112 Å². The highest BCUT2D eigenvalue weighted by atomic mass is 35.5. The number of sulfonamides is 1. The van der Waals surface area contributed by atoms with Crippen molar-refractivity contribution in [2.24, 2.45) is 12.8 Å². The molecule has 10 heteroatoms. The summed E-state index contributed by atoms with van der Waals surface area (Å²) in [4.78, 5) is 4.28. The van der Waals surface area contributed by atoms with E-state index >= 15 is 0 Å². The molecular formula is C16H24ClN5O3S. The van der Waals surface area contributed by atoms with Gasteiger partial charge in [-0.1, -0.05) is 12.8 Å². The molecule has 1 fully saturated rings. The summed E-state index contributed by atoms with van der Waals surface area (Å²) < 4.78 is 35.3. The summed E-state index contributed by atoms with van der Waals surface area (Å²) in [5.74, 6) is 1.25. The number of benzene rings is 1. The van der Waals surface area contributed by atoms with Crippen molar-refractivity contribution >= 4 is 22.4 Å². The molecule has 1 saturated carbocycles. The van der Waals surface area contributed by atoms with E-state index in [9.17, 15) is 8.42 Å². The molecule has 1 aromatic carbocycles. The van der Waals surface area contributed by atoms with Crippen LogP contribution >= 0.6 is 12.4 Å². The Balaban J connectivity index is 0.00000243. The quantitative estimate of drug-likeness (QED) is 0.724. The van der Waals surface area contributed by atoms with Gasteiger partial charge >= 0.3 is 0 Å². The summed E-state index contributed by atoms with van der Waals surface area (Å²) in [6, 6.07) is 6.34. The first-order valence-corrected chi connectivity index (χ1v) is 9.72. The predicted molar refractivity (Wildman–Crippen MR) is 99.6 cm³/mol. The Morgan fingerprint density at radius 1 is 1.27 bits per heavy atom. The molecule has 2 aromatic rings. The molecule has 0 saturated heterocycles. The number of aryl methyl sites for hydroxylation is 1. The van der Waals surface area contributed by atoms with E-state index in [-0.39, 0.29) is 23.9 Å². The molecule has 0 atom stereocenters. The number of ether oxygens (including phenoxy) is 1. The van der Waals surface area contributed by atoms with Crippen LogP contribution in [-0.4, -0.2) is 35.3 Å². The lowest BCUT2D eigenvalue weighted by Crippen LogP contribution is -2.51. The monoisotopic (exact) mass is 401 g/mol. The summed E-state index contributed by atoms with van der Waals surface area (Å²) in [7, 11) is -1.83. The van der Waals surface area contributed by atoms with E-state index in [2.05, 4.69) is 14.8 Å². The normalized spacial score (nSPS) is 16.2. The molecule has 1 aliphatic carbocycles. The molecule has 0 radical (unpaired) electrons. The minimum absolute atomic E-state index is 0. The van der Waals surface area contributed by atoms with Crippen LogP contribution in [0.25, 0.3) is 0 Å². The van der Waals surface area contributed by atoms with Gasteiger partial charge in [-0.2, -0.15) is 5.10 Å². The average Bonchev–Trinajstić information content (AvgIpc) is 3.22. The molecule has 0 spiro atoms. The van der Waals surface area contributed by atoms with Crippen LogP contribution in [-0.2, 0) is 23.7 Å². The highest BCUT2D eigenvalue weighted by molar-refractivity contribution is 7.89. The molecule has 144 valence electrons. The number of hydrogen-bond donors (Lipinski definition) is 2. The van der Waals surface area contributed by atoms with Crippen molar-refractivity contribution in [3.63, 3.8) is 0 Å². The fourth-order valence-electron chi connectivity index (χ4n) is 3.06. The lowest BCUT2D eigenvalue weighted by molar-refractivity contribution is 0.289. The van der Waals surface area contributed by atoms with Gasteiger partial charge in [0.1, 0.15) is 18.7 Å². The summed E-state index contributed by atoms with van der Waals surface area (Å²) in [5, 5.41) is 3.97. The second kappa shape index (κ2) is 8.34. The van der Waals surface area contributed by atoms with E-state index in [1.54, 1.807) is 23.9 Å². The van der Waals surface area contributed by atoms with Crippen LogP contribution in [0.5, 0.6) is 5.75 Å². The Labute approximate surface area is 159 Å². The number of nitrogens with one attached hydrogen (secondary N) is 1. The highest BCUT2D eigenvalue weighted by Crippen LogP contribution is 2.30. The van der Waals surface area contributed by atoms with Gasteiger partial charge in [-0.25, -0.2) is 18.1 Å². The molecule has 3 N–H and O–H groups in total. The van der Waals surface area contributed by atoms with Gasteiger partial charge in [-0.3, -0.25) is 4.68 Å². The number of rotatable bonds is 7. The summed E-state index contributed by atoms with van der Waals surface area (Å²) in [6.07, 6.45) is 5.00. The van der Waals surface area contributed by atoms with Crippen LogP contribution in [0.1, 0.15) is 31.5 Å². The van der Waals surface area contributed by atoms with Crippen LogP contribution in [0.3, 0.4) is 0 Å². The number of aromatic nitrogens is 3. The average molecular weight is 402 g/mol. The first kappa shape index (κ1) is 20.6. The van der Waals surface area contributed by atoms with E-state index in [4.69, 9.17) is 10.5 Å². The van der Waals surface area contributed by atoms with Gasteiger partial charge in [0, 0.05) is 19.1 Å².